The molecule has 1 saturated carbocycles. The maximum absolute atomic E-state index is 12.4. The molecule has 0 spiro atoms. The molecule has 0 bridgehead atoms. The lowest BCUT2D eigenvalue weighted by Crippen LogP contribution is -2.39. The average molecular weight is 362 g/mol. The number of rotatable bonds is 6. The van der Waals surface area contributed by atoms with Gasteiger partial charge in [0.15, 0.2) is 0 Å². The highest BCUT2D eigenvalue weighted by atomic mass is 32.1. The average Bonchev–Trinajstić information content (AvgIpc) is 3.26. The molecule has 3 fully saturated rings. The normalized spacial score (nSPS) is 24.4. The van der Waals surface area contributed by atoms with Gasteiger partial charge in [0, 0.05) is 43.1 Å². The fourth-order valence-corrected chi connectivity index (χ4v) is 5.10. The first kappa shape index (κ1) is 16.8. The highest BCUT2D eigenvalue weighted by molar-refractivity contribution is 7.14. The minimum absolute atomic E-state index is 0.0240. The van der Waals surface area contributed by atoms with Crippen LogP contribution < -0.4 is 10.6 Å². The molecule has 0 aromatic carbocycles. The summed E-state index contributed by atoms with van der Waals surface area (Å²) in [5, 5.41) is 5.71. The van der Waals surface area contributed by atoms with Crippen LogP contribution in [-0.2, 0) is 0 Å². The van der Waals surface area contributed by atoms with E-state index in [2.05, 4.69) is 21.6 Å². The molecule has 0 radical (unpaired) electrons. The van der Waals surface area contributed by atoms with Gasteiger partial charge >= 0.3 is 6.03 Å². The summed E-state index contributed by atoms with van der Waals surface area (Å²) in [7, 11) is 0. The molecule has 1 atom stereocenters. The van der Waals surface area contributed by atoms with E-state index in [1.165, 1.54) is 43.5 Å². The minimum atomic E-state index is -0.0371. The number of carbonyl (C=O) groups is 2. The summed E-state index contributed by atoms with van der Waals surface area (Å²) in [6.45, 7) is 3.67. The van der Waals surface area contributed by atoms with Crippen molar-refractivity contribution in [3.63, 3.8) is 0 Å². The van der Waals surface area contributed by atoms with Gasteiger partial charge in [0.2, 0.25) is 0 Å². The van der Waals surface area contributed by atoms with Crippen LogP contribution in [-0.4, -0.2) is 60.5 Å². The van der Waals surface area contributed by atoms with Crippen LogP contribution in [0.15, 0.2) is 12.1 Å². The van der Waals surface area contributed by atoms with Crippen LogP contribution >= 0.6 is 11.3 Å². The molecule has 2 aliphatic heterocycles. The molecule has 3 aliphatic rings. The monoisotopic (exact) mass is 362 g/mol. The zero-order chi connectivity index (χ0) is 17.2. The number of likely N-dealkylation sites (tertiary alicyclic amines) is 1. The predicted molar refractivity (Wildman–Crippen MR) is 97.9 cm³/mol. The van der Waals surface area contributed by atoms with E-state index in [-0.39, 0.29) is 11.9 Å². The topological polar surface area (TPSA) is 64.7 Å². The van der Waals surface area contributed by atoms with Gasteiger partial charge in [-0.3, -0.25) is 9.69 Å². The number of hydrogen-bond donors (Lipinski definition) is 2. The summed E-state index contributed by atoms with van der Waals surface area (Å²) in [6, 6.07) is 5.32. The van der Waals surface area contributed by atoms with Gasteiger partial charge in [-0.1, -0.05) is 6.42 Å². The van der Waals surface area contributed by atoms with Crippen molar-refractivity contribution in [2.75, 3.05) is 32.7 Å². The zero-order valence-corrected chi connectivity index (χ0v) is 15.3. The summed E-state index contributed by atoms with van der Waals surface area (Å²) in [4.78, 5) is 30.4. The van der Waals surface area contributed by atoms with E-state index in [1.807, 2.05) is 6.07 Å². The van der Waals surface area contributed by atoms with Crippen LogP contribution in [0.5, 0.6) is 0 Å². The number of nitrogens with zero attached hydrogens (tertiary/aromatic N) is 2. The van der Waals surface area contributed by atoms with Crippen molar-refractivity contribution in [1.29, 1.82) is 0 Å². The predicted octanol–water partition coefficient (Wildman–Crippen LogP) is 2.19. The van der Waals surface area contributed by atoms with Crippen molar-refractivity contribution >= 4 is 23.3 Å². The number of thiophene rings is 1. The molecule has 3 heterocycles. The Kier molecular flexibility index (Phi) is 4.94. The summed E-state index contributed by atoms with van der Waals surface area (Å²) in [6.07, 6.45) is 6.50. The second-order valence-electron chi connectivity index (χ2n) is 7.16. The van der Waals surface area contributed by atoms with Gasteiger partial charge in [-0.05, 0) is 44.4 Å². The van der Waals surface area contributed by atoms with Crippen molar-refractivity contribution in [1.82, 2.24) is 20.4 Å². The Morgan fingerprint density at radius 3 is 2.84 bits per heavy atom. The molecule has 6 nitrogen and oxygen atoms in total. The van der Waals surface area contributed by atoms with Gasteiger partial charge in [-0.15, -0.1) is 11.3 Å². The highest BCUT2D eigenvalue weighted by Crippen LogP contribution is 2.41. The fourth-order valence-electron chi connectivity index (χ4n) is 4.02. The lowest BCUT2D eigenvalue weighted by Gasteiger charge is -2.38. The van der Waals surface area contributed by atoms with E-state index in [4.69, 9.17) is 0 Å². The maximum atomic E-state index is 12.4. The van der Waals surface area contributed by atoms with Gasteiger partial charge in [0.1, 0.15) is 0 Å². The van der Waals surface area contributed by atoms with Gasteiger partial charge < -0.3 is 15.5 Å². The van der Waals surface area contributed by atoms with E-state index in [9.17, 15) is 9.59 Å². The molecule has 4 rings (SSSR count). The largest absolute Gasteiger partial charge is 0.350 e. The van der Waals surface area contributed by atoms with Gasteiger partial charge in [0.05, 0.1) is 4.88 Å². The van der Waals surface area contributed by atoms with Crippen LogP contribution in [0.3, 0.4) is 0 Å². The first-order valence-electron chi connectivity index (χ1n) is 9.39. The molecule has 2 N–H and O–H groups in total. The second kappa shape index (κ2) is 7.33. The van der Waals surface area contributed by atoms with E-state index >= 15 is 0 Å². The highest BCUT2D eigenvalue weighted by Gasteiger charge is 2.35. The third kappa shape index (κ3) is 3.53. The standard InChI is InChI=1S/C18H26N4O2S/c23-17(19-8-11-21-12-9-20-18(21)24)16-7-6-15(25-16)14-5-2-10-22(14)13-3-1-4-13/h6-7,13-14H,1-5,8-12H2,(H,19,23)(H,20,24). The number of carbonyl (C=O) groups excluding carboxylic acids is 2. The van der Waals surface area contributed by atoms with Gasteiger partial charge in [-0.25, -0.2) is 4.79 Å². The maximum Gasteiger partial charge on any atom is 0.317 e. The van der Waals surface area contributed by atoms with Crippen LogP contribution in [0.2, 0.25) is 0 Å². The van der Waals surface area contributed by atoms with E-state index in [1.54, 1.807) is 16.2 Å². The Morgan fingerprint density at radius 2 is 2.12 bits per heavy atom. The summed E-state index contributed by atoms with van der Waals surface area (Å²) >= 11 is 1.63. The Hall–Kier alpha value is -1.60. The molecule has 136 valence electrons. The van der Waals surface area contributed by atoms with Crippen LogP contribution in [0.1, 0.15) is 52.7 Å². The molecule has 1 aromatic rings. The molecule has 2 saturated heterocycles. The van der Waals surface area contributed by atoms with Gasteiger partial charge in [0.25, 0.3) is 5.91 Å². The van der Waals surface area contributed by atoms with Crippen molar-refractivity contribution in [2.45, 2.75) is 44.2 Å². The number of hydrogen-bond acceptors (Lipinski definition) is 4. The van der Waals surface area contributed by atoms with Crippen LogP contribution in [0.25, 0.3) is 0 Å². The third-order valence-corrected chi connectivity index (χ3v) is 6.81. The Labute approximate surface area is 152 Å². The third-order valence-electron chi connectivity index (χ3n) is 5.63. The molecule has 3 amide bonds. The molecule has 25 heavy (non-hydrogen) atoms. The molecule has 1 aliphatic carbocycles. The number of nitrogens with one attached hydrogen (secondary N) is 2. The molecule has 7 heteroatoms. The van der Waals surface area contributed by atoms with E-state index in [0.717, 1.165) is 17.5 Å². The lowest BCUT2D eigenvalue weighted by atomic mass is 9.91. The SMILES string of the molecule is O=C(NCCN1CCNC1=O)c1ccc(C2CCCN2C2CCC2)s1. The van der Waals surface area contributed by atoms with Crippen molar-refractivity contribution in [3.05, 3.63) is 21.9 Å². The first-order chi connectivity index (χ1) is 12.2. The second-order valence-corrected chi connectivity index (χ2v) is 8.27. The van der Waals surface area contributed by atoms with Crippen molar-refractivity contribution in [3.8, 4) is 0 Å². The van der Waals surface area contributed by atoms with Crippen molar-refractivity contribution < 1.29 is 9.59 Å². The summed E-state index contributed by atoms with van der Waals surface area (Å²) < 4.78 is 0. The van der Waals surface area contributed by atoms with E-state index in [0.29, 0.717) is 25.7 Å². The minimum Gasteiger partial charge on any atom is -0.350 e. The first-order valence-corrected chi connectivity index (χ1v) is 10.2. The van der Waals surface area contributed by atoms with Gasteiger partial charge in [-0.2, -0.15) is 0 Å². The quantitative estimate of drug-likeness (QED) is 0.815. The fraction of sp³-hybridized carbons (Fsp3) is 0.667. The Morgan fingerprint density at radius 1 is 1.24 bits per heavy atom. The number of amides is 3. The zero-order valence-electron chi connectivity index (χ0n) is 14.5. The number of urea groups is 1. The molecule has 1 aromatic heterocycles. The van der Waals surface area contributed by atoms with E-state index < -0.39 is 0 Å². The van der Waals surface area contributed by atoms with Crippen molar-refractivity contribution in [2.24, 2.45) is 0 Å². The molecular formula is C18H26N4O2S. The summed E-state index contributed by atoms with van der Waals surface area (Å²) in [5.74, 6) is -0.0240. The lowest BCUT2D eigenvalue weighted by molar-refractivity contribution is 0.0954. The smallest absolute Gasteiger partial charge is 0.317 e. The Bertz CT molecular complexity index is 643. The van der Waals surface area contributed by atoms with Crippen LogP contribution in [0.4, 0.5) is 4.79 Å². The molecule has 1 unspecified atom stereocenters. The van der Waals surface area contributed by atoms with Crippen LogP contribution in [0, 0.1) is 0 Å². The summed E-state index contributed by atoms with van der Waals surface area (Å²) in [5.41, 5.74) is 0. The Balaban J connectivity index is 1.31. The molecular weight excluding hydrogens is 336 g/mol.